The summed E-state index contributed by atoms with van der Waals surface area (Å²) in [4.78, 5) is 0. The Bertz CT molecular complexity index is 576. The third-order valence-electron chi connectivity index (χ3n) is 3.15. The lowest BCUT2D eigenvalue weighted by atomic mass is 10.1. The molecule has 1 fully saturated rings. The molecule has 1 saturated carbocycles. The lowest BCUT2D eigenvalue weighted by Crippen LogP contribution is -2.12. The molecular formula is C12H12FNO2S. The lowest BCUT2D eigenvalue weighted by Gasteiger charge is -2.00. The second-order valence-corrected chi connectivity index (χ2v) is 6.60. The molecule has 90 valence electrons. The summed E-state index contributed by atoms with van der Waals surface area (Å²) >= 11 is 0. The van der Waals surface area contributed by atoms with Crippen molar-refractivity contribution < 1.29 is 12.8 Å². The van der Waals surface area contributed by atoms with E-state index in [1.807, 2.05) is 6.07 Å². The van der Waals surface area contributed by atoms with E-state index in [2.05, 4.69) is 0 Å². The molecule has 0 aromatic heterocycles. The zero-order valence-corrected chi connectivity index (χ0v) is 10.1. The summed E-state index contributed by atoms with van der Waals surface area (Å²) in [5.41, 5.74) is 0.596. The van der Waals surface area contributed by atoms with Crippen molar-refractivity contribution in [2.75, 3.05) is 5.75 Å². The predicted octanol–water partition coefficient (Wildman–Crippen LogP) is 1.87. The zero-order valence-electron chi connectivity index (χ0n) is 9.30. The van der Waals surface area contributed by atoms with Gasteiger partial charge in [-0.3, -0.25) is 0 Å². The minimum atomic E-state index is -3.24. The van der Waals surface area contributed by atoms with Gasteiger partial charge in [-0.05, 0) is 17.7 Å². The molecule has 5 heteroatoms. The van der Waals surface area contributed by atoms with Crippen molar-refractivity contribution >= 4 is 9.84 Å². The Morgan fingerprint density at radius 1 is 1.47 bits per heavy atom. The summed E-state index contributed by atoms with van der Waals surface area (Å²) in [6.07, 6.45) is 0. The van der Waals surface area contributed by atoms with Gasteiger partial charge in [0, 0.05) is 11.7 Å². The summed E-state index contributed by atoms with van der Waals surface area (Å²) in [6, 6.07) is 7.81. The van der Waals surface area contributed by atoms with Crippen molar-refractivity contribution in [1.29, 1.82) is 5.26 Å². The van der Waals surface area contributed by atoms with Crippen LogP contribution in [0.1, 0.15) is 18.4 Å². The highest BCUT2D eigenvalue weighted by Gasteiger charge is 2.58. The number of sulfone groups is 1. The maximum atomic E-state index is 13.1. The average molecular weight is 253 g/mol. The third-order valence-corrected chi connectivity index (χ3v) is 5.37. The van der Waals surface area contributed by atoms with Gasteiger partial charge in [0.2, 0.25) is 0 Å². The van der Waals surface area contributed by atoms with Crippen LogP contribution in [0, 0.1) is 23.1 Å². The summed E-state index contributed by atoms with van der Waals surface area (Å²) in [7, 11) is -3.24. The van der Waals surface area contributed by atoms with Crippen molar-refractivity contribution in [1.82, 2.24) is 0 Å². The van der Waals surface area contributed by atoms with Crippen LogP contribution in [0.2, 0.25) is 0 Å². The second kappa shape index (κ2) is 4.11. The molecule has 0 spiro atoms. The lowest BCUT2D eigenvalue weighted by molar-refractivity contribution is 0.594. The molecule has 3 nitrogen and oxygen atoms in total. The van der Waals surface area contributed by atoms with Gasteiger partial charge in [0.1, 0.15) is 5.82 Å². The molecule has 17 heavy (non-hydrogen) atoms. The average Bonchev–Trinajstić information content (AvgIpc) is 3.04. The minimum absolute atomic E-state index is 0.0155. The Balaban J connectivity index is 2.34. The first-order chi connectivity index (χ1) is 8.01. The smallest absolute Gasteiger partial charge is 0.154 e. The van der Waals surface area contributed by atoms with E-state index in [0.717, 1.165) is 0 Å². The van der Waals surface area contributed by atoms with Gasteiger partial charge in [0.15, 0.2) is 9.84 Å². The number of halogens is 1. The van der Waals surface area contributed by atoms with Crippen molar-refractivity contribution in [3.8, 4) is 6.07 Å². The van der Waals surface area contributed by atoms with Crippen LogP contribution in [0.25, 0.3) is 0 Å². The Morgan fingerprint density at radius 3 is 2.71 bits per heavy atom. The highest BCUT2D eigenvalue weighted by Crippen LogP contribution is 2.52. The number of rotatable bonds is 3. The SMILES string of the molecule is CCS(=O)(=O)[C@@H]1[C@H](C#N)[C@H]1c1cccc(F)c1. The fourth-order valence-electron chi connectivity index (χ4n) is 2.19. The van der Waals surface area contributed by atoms with Crippen LogP contribution >= 0.6 is 0 Å². The van der Waals surface area contributed by atoms with Gasteiger partial charge >= 0.3 is 0 Å². The van der Waals surface area contributed by atoms with Crippen molar-refractivity contribution in [2.45, 2.75) is 18.1 Å². The monoisotopic (exact) mass is 253 g/mol. The van der Waals surface area contributed by atoms with Gasteiger partial charge < -0.3 is 0 Å². The van der Waals surface area contributed by atoms with Crippen molar-refractivity contribution in [3.05, 3.63) is 35.6 Å². The molecule has 1 aliphatic rings. The van der Waals surface area contributed by atoms with Crippen LogP contribution in [-0.2, 0) is 9.84 Å². The summed E-state index contributed by atoms with van der Waals surface area (Å²) < 4.78 is 36.6. The quantitative estimate of drug-likeness (QED) is 0.826. The van der Waals surface area contributed by atoms with Gasteiger partial charge in [-0.1, -0.05) is 19.1 Å². The molecule has 0 N–H and O–H groups in total. The van der Waals surface area contributed by atoms with Crippen molar-refractivity contribution in [2.24, 2.45) is 5.92 Å². The molecule has 1 aliphatic carbocycles. The first-order valence-electron chi connectivity index (χ1n) is 5.38. The molecule has 3 atom stereocenters. The molecule has 0 amide bonds. The number of benzene rings is 1. The molecule has 0 saturated heterocycles. The summed E-state index contributed by atoms with van der Waals surface area (Å²) in [5.74, 6) is -1.30. The van der Waals surface area contributed by atoms with Crippen LogP contribution in [0.3, 0.4) is 0 Å². The van der Waals surface area contributed by atoms with E-state index < -0.39 is 26.8 Å². The molecule has 0 bridgehead atoms. The first kappa shape index (κ1) is 12.1. The van der Waals surface area contributed by atoms with Crippen LogP contribution in [0.4, 0.5) is 4.39 Å². The molecule has 1 aromatic carbocycles. The van der Waals surface area contributed by atoms with Crippen LogP contribution in [-0.4, -0.2) is 19.4 Å². The second-order valence-electron chi connectivity index (χ2n) is 4.15. The predicted molar refractivity (Wildman–Crippen MR) is 61.5 cm³/mol. The largest absolute Gasteiger partial charge is 0.228 e. The van der Waals surface area contributed by atoms with E-state index >= 15 is 0 Å². The van der Waals surface area contributed by atoms with Gasteiger partial charge in [-0.2, -0.15) is 5.26 Å². The fraction of sp³-hybridized carbons (Fsp3) is 0.417. The molecule has 0 radical (unpaired) electrons. The van der Waals surface area contributed by atoms with E-state index in [1.165, 1.54) is 18.2 Å². The Morgan fingerprint density at radius 2 is 2.18 bits per heavy atom. The fourth-order valence-corrected chi connectivity index (χ4v) is 3.93. The van der Waals surface area contributed by atoms with Gasteiger partial charge in [-0.15, -0.1) is 0 Å². The van der Waals surface area contributed by atoms with Crippen LogP contribution in [0.15, 0.2) is 24.3 Å². The van der Waals surface area contributed by atoms with Crippen molar-refractivity contribution in [3.63, 3.8) is 0 Å². The van der Waals surface area contributed by atoms with Crippen LogP contribution in [0.5, 0.6) is 0 Å². The van der Waals surface area contributed by atoms with Gasteiger partial charge in [-0.25, -0.2) is 12.8 Å². The highest BCUT2D eigenvalue weighted by atomic mass is 32.2. The topological polar surface area (TPSA) is 57.9 Å². The van der Waals surface area contributed by atoms with E-state index in [-0.39, 0.29) is 11.7 Å². The number of hydrogen-bond acceptors (Lipinski definition) is 3. The number of hydrogen-bond donors (Lipinski definition) is 0. The van der Waals surface area contributed by atoms with Crippen LogP contribution < -0.4 is 0 Å². The first-order valence-corrected chi connectivity index (χ1v) is 7.09. The maximum Gasteiger partial charge on any atom is 0.154 e. The molecule has 0 aliphatic heterocycles. The Kier molecular flexibility index (Phi) is 2.92. The number of nitriles is 1. The molecule has 0 unspecified atom stereocenters. The Labute approximate surface area is 99.8 Å². The molecule has 1 aromatic rings. The van der Waals surface area contributed by atoms with Gasteiger partial charge in [0.25, 0.3) is 0 Å². The summed E-state index contributed by atoms with van der Waals surface area (Å²) in [6.45, 7) is 1.56. The molecule has 2 rings (SSSR count). The summed E-state index contributed by atoms with van der Waals surface area (Å²) in [5, 5.41) is 8.26. The standard InChI is InChI=1S/C12H12FNO2S/c1-2-17(15,16)12-10(7-14)11(12)8-4-3-5-9(13)6-8/h3-6,10-12H,2H2,1H3/t10-,11-,12-/m1/s1. The molecular weight excluding hydrogens is 241 g/mol. The van der Waals surface area contributed by atoms with E-state index in [4.69, 9.17) is 5.26 Å². The van der Waals surface area contributed by atoms with E-state index in [9.17, 15) is 12.8 Å². The minimum Gasteiger partial charge on any atom is -0.228 e. The zero-order chi connectivity index (χ0) is 12.6. The highest BCUT2D eigenvalue weighted by molar-refractivity contribution is 7.92. The number of nitrogens with zero attached hydrogens (tertiary/aromatic N) is 1. The Hall–Kier alpha value is -1.41. The molecule has 0 heterocycles. The van der Waals surface area contributed by atoms with E-state index in [0.29, 0.717) is 5.56 Å². The van der Waals surface area contributed by atoms with E-state index in [1.54, 1.807) is 13.0 Å². The maximum absolute atomic E-state index is 13.1. The normalized spacial score (nSPS) is 27.5. The van der Waals surface area contributed by atoms with Gasteiger partial charge in [0.05, 0.1) is 17.2 Å². The third kappa shape index (κ3) is 2.05.